The maximum absolute atomic E-state index is 11.8. The molecule has 116 valence electrons. The van der Waals surface area contributed by atoms with Crippen molar-refractivity contribution in [3.05, 3.63) is 64.8 Å². The minimum atomic E-state index is -0.136. The molecule has 0 unspecified atom stereocenters. The van der Waals surface area contributed by atoms with Gasteiger partial charge in [-0.1, -0.05) is 30.3 Å². The molecule has 5 nitrogen and oxygen atoms in total. The molecule has 0 bridgehead atoms. The standard InChI is InChI=1S/C18H18N4O/c23-17-14-6-10-19-16(15(14)21-12-22-17)20-11-9-18(7-8-18)13-4-2-1-3-5-13/h1-6,10,12H,7-9,11H2,(H,19,20)(H,21,22,23). The van der Waals surface area contributed by atoms with Crippen molar-refractivity contribution in [2.45, 2.75) is 24.7 Å². The minimum absolute atomic E-state index is 0.136. The molecule has 0 spiro atoms. The monoisotopic (exact) mass is 306 g/mol. The lowest BCUT2D eigenvalue weighted by Crippen LogP contribution is -2.15. The van der Waals surface area contributed by atoms with Gasteiger partial charge in [0.2, 0.25) is 0 Å². The molecule has 1 saturated carbocycles. The van der Waals surface area contributed by atoms with Crippen LogP contribution in [0.3, 0.4) is 0 Å². The molecular formula is C18H18N4O. The first-order valence-electron chi connectivity index (χ1n) is 7.90. The summed E-state index contributed by atoms with van der Waals surface area (Å²) in [6, 6.07) is 12.4. The van der Waals surface area contributed by atoms with Gasteiger partial charge in [0.15, 0.2) is 5.82 Å². The Bertz CT molecular complexity index is 884. The Balaban J connectivity index is 1.50. The van der Waals surface area contributed by atoms with Crippen molar-refractivity contribution in [2.75, 3.05) is 11.9 Å². The second-order valence-electron chi connectivity index (χ2n) is 6.11. The summed E-state index contributed by atoms with van der Waals surface area (Å²) in [6.07, 6.45) is 6.59. The first kappa shape index (κ1) is 13.9. The van der Waals surface area contributed by atoms with Gasteiger partial charge in [-0.05, 0) is 36.3 Å². The number of hydrogen-bond donors (Lipinski definition) is 2. The molecular weight excluding hydrogens is 288 g/mol. The molecule has 0 amide bonds. The van der Waals surface area contributed by atoms with Crippen LogP contribution >= 0.6 is 0 Å². The van der Waals surface area contributed by atoms with E-state index in [-0.39, 0.29) is 5.56 Å². The van der Waals surface area contributed by atoms with E-state index in [0.29, 0.717) is 22.1 Å². The Morgan fingerprint density at radius 1 is 1.13 bits per heavy atom. The Kier molecular flexibility index (Phi) is 3.33. The van der Waals surface area contributed by atoms with Crippen LogP contribution in [0.5, 0.6) is 0 Å². The molecule has 1 aromatic carbocycles. The van der Waals surface area contributed by atoms with E-state index < -0.39 is 0 Å². The van der Waals surface area contributed by atoms with Gasteiger partial charge in [-0.15, -0.1) is 0 Å². The average Bonchev–Trinajstić information content (AvgIpc) is 3.38. The van der Waals surface area contributed by atoms with Gasteiger partial charge in [-0.25, -0.2) is 9.97 Å². The molecule has 23 heavy (non-hydrogen) atoms. The summed E-state index contributed by atoms with van der Waals surface area (Å²) in [4.78, 5) is 23.0. The topological polar surface area (TPSA) is 70.7 Å². The van der Waals surface area contributed by atoms with Crippen LogP contribution in [-0.4, -0.2) is 21.5 Å². The number of rotatable bonds is 5. The second-order valence-corrected chi connectivity index (χ2v) is 6.11. The number of hydrogen-bond acceptors (Lipinski definition) is 4. The van der Waals surface area contributed by atoms with E-state index in [9.17, 15) is 4.79 Å². The molecule has 5 heteroatoms. The van der Waals surface area contributed by atoms with Crippen molar-refractivity contribution in [3.63, 3.8) is 0 Å². The predicted molar refractivity (Wildman–Crippen MR) is 90.6 cm³/mol. The predicted octanol–water partition coefficient (Wildman–Crippen LogP) is 2.85. The van der Waals surface area contributed by atoms with Gasteiger partial charge in [0.05, 0.1) is 11.7 Å². The molecule has 2 N–H and O–H groups in total. The Morgan fingerprint density at radius 3 is 2.74 bits per heavy atom. The van der Waals surface area contributed by atoms with E-state index in [0.717, 1.165) is 13.0 Å². The number of aromatic amines is 1. The van der Waals surface area contributed by atoms with Crippen molar-refractivity contribution in [1.29, 1.82) is 0 Å². The lowest BCUT2D eigenvalue weighted by molar-refractivity contribution is 0.641. The summed E-state index contributed by atoms with van der Waals surface area (Å²) in [7, 11) is 0. The van der Waals surface area contributed by atoms with E-state index in [2.05, 4.69) is 50.6 Å². The highest BCUT2D eigenvalue weighted by Crippen LogP contribution is 2.50. The van der Waals surface area contributed by atoms with Crippen molar-refractivity contribution >= 4 is 16.7 Å². The zero-order valence-electron chi connectivity index (χ0n) is 12.7. The van der Waals surface area contributed by atoms with Gasteiger partial charge >= 0.3 is 0 Å². The number of H-pyrrole nitrogens is 1. The van der Waals surface area contributed by atoms with Crippen LogP contribution in [0.25, 0.3) is 10.9 Å². The largest absolute Gasteiger partial charge is 0.368 e. The summed E-state index contributed by atoms with van der Waals surface area (Å²) >= 11 is 0. The van der Waals surface area contributed by atoms with Crippen LogP contribution in [0.2, 0.25) is 0 Å². The smallest absolute Gasteiger partial charge is 0.258 e. The van der Waals surface area contributed by atoms with Gasteiger partial charge in [0.1, 0.15) is 5.52 Å². The van der Waals surface area contributed by atoms with Crippen LogP contribution < -0.4 is 10.9 Å². The molecule has 1 aliphatic carbocycles. The lowest BCUT2D eigenvalue weighted by Gasteiger charge is -2.16. The molecule has 0 radical (unpaired) electrons. The van der Waals surface area contributed by atoms with Gasteiger partial charge in [-0.2, -0.15) is 0 Å². The summed E-state index contributed by atoms with van der Waals surface area (Å²) in [6.45, 7) is 0.815. The van der Waals surface area contributed by atoms with Crippen LogP contribution in [0.4, 0.5) is 5.82 Å². The quantitative estimate of drug-likeness (QED) is 0.760. The highest BCUT2D eigenvalue weighted by atomic mass is 16.1. The third-order valence-corrected chi connectivity index (χ3v) is 4.69. The maximum Gasteiger partial charge on any atom is 0.258 e. The molecule has 0 aliphatic heterocycles. The first-order chi connectivity index (χ1) is 11.3. The summed E-state index contributed by atoms with van der Waals surface area (Å²) in [5, 5.41) is 3.92. The molecule has 1 aliphatic rings. The summed E-state index contributed by atoms with van der Waals surface area (Å²) in [5.74, 6) is 0.678. The first-order valence-corrected chi connectivity index (χ1v) is 7.90. The van der Waals surface area contributed by atoms with E-state index in [1.807, 2.05) is 0 Å². The molecule has 3 aromatic rings. The second kappa shape index (κ2) is 5.50. The number of fused-ring (bicyclic) bond motifs is 1. The third-order valence-electron chi connectivity index (χ3n) is 4.69. The Morgan fingerprint density at radius 2 is 1.96 bits per heavy atom. The number of aromatic nitrogens is 3. The fraction of sp³-hybridized carbons (Fsp3) is 0.278. The highest BCUT2D eigenvalue weighted by molar-refractivity contribution is 5.86. The number of nitrogens with zero attached hydrogens (tertiary/aromatic N) is 2. The van der Waals surface area contributed by atoms with Crippen molar-refractivity contribution < 1.29 is 0 Å². The van der Waals surface area contributed by atoms with Gasteiger partial charge in [0.25, 0.3) is 5.56 Å². The van der Waals surface area contributed by atoms with E-state index in [1.165, 1.54) is 24.7 Å². The molecule has 1 fully saturated rings. The van der Waals surface area contributed by atoms with Crippen LogP contribution in [-0.2, 0) is 5.41 Å². The molecule has 2 aromatic heterocycles. The Labute approximate surface area is 133 Å². The summed E-state index contributed by atoms with van der Waals surface area (Å²) < 4.78 is 0. The zero-order valence-corrected chi connectivity index (χ0v) is 12.7. The average molecular weight is 306 g/mol. The van der Waals surface area contributed by atoms with E-state index >= 15 is 0 Å². The molecule has 4 rings (SSSR count). The molecule has 0 atom stereocenters. The van der Waals surface area contributed by atoms with E-state index in [1.54, 1.807) is 12.3 Å². The van der Waals surface area contributed by atoms with Crippen LogP contribution in [0.1, 0.15) is 24.8 Å². The minimum Gasteiger partial charge on any atom is -0.368 e. The number of nitrogens with one attached hydrogen (secondary N) is 2. The third kappa shape index (κ3) is 2.59. The number of benzene rings is 1. The van der Waals surface area contributed by atoms with Crippen molar-refractivity contribution in [3.8, 4) is 0 Å². The van der Waals surface area contributed by atoms with E-state index in [4.69, 9.17) is 0 Å². The van der Waals surface area contributed by atoms with Gasteiger partial charge in [0, 0.05) is 12.7 Å². The van der Waals surface area contributed by atoms with Crippen molar-refractivity contribution in [2.24, 2.45) is 0 Å². The van der Waals surface area contributed by atoms with Gasteiger partial charge in [-0.3, -0.25) is 4.79 Å². The lowest BCUT2D eigenvalue weighted by atomic mass is 9.92. The fourth-order valence-electron chi connectivity index (χ4n) is 3.18. The Hall–Kier alpha value is -2.69. The molecule has 2 heterocycles. The number of anilines is 1. The van der Waals surface area contributed by atoms with Crippen molar-refractivity contribution in [1.82, 2.24) is 15.0 Å². The SMILES string of the molecule is O=c1[nH]cnc2c(NCCC3(c4ccccc4)CC3)nccc12. The maximum atomic E-state index is 11.8. The summed E-state index contributed by atoms with van der Waals surface area (Å²) in [5.41, 5.74) is 2.22. The highest BCUT2D eigenvalue weighted by Gasteiger charge is 2.43. The zero-order chi connectivity index (χ0) is 15.7. The fourth-order valence-corrected chi connectivity index (χ4v) is 3.18. The molecule has 0 saturated heterocycles. The van der Waals surface area contributed by atoms with Crippen LogP contribution in [0, 0.1) is 0 Å². The normalized spacial score (nSPS) is 15.5. The van der Waals surface area contributed by atoms with Crippen LogP contribution in [0.15, 0.2) is 53.7 Å². The van der Waals surface area contributed by atoms with Gasteiger partial charge < -0.3 is 10.3 Å². The number of pyridine rings is 1.